The summed E-state index contributed by atoms with van der Waals surface area (Å²) in [6.07, 6.45) is 6.85. The predicted molar refractivity (Wildman–Crippen MR) is 67.5 cm³/mol. The van der Waals surface area contributed by atoms with Gasteiger partial charge in [-0.1, -0.05) is 49.1 Å². The molecule has 0 saturated heterocycles. The van der Waals surface area contributed by atoms with Crippen molar-refractivity contribution >= 4 is 0 Å². The summed E-state index contributed by atoms with van der Waals surface area (Å²) in [4.78, 5) is 0. The molecule has 2 unspecified atom stereocenters. The van der Waals surface area contributed by atoms with Crippen LogP contribution in [0.25, 0.3) is 0 Å². The minimum absolute atomic E-state index is 0.0580. The average Bonchev–Trinajstić information content (AvgIpc) is 2.43. The maximum absolute atomic E-state index is 9.79. The summed E-state index contributed by atoms with van der Waals surface area (Å²) in [6.45, 7) is 2.14. The zero-order valence-corrected chi connectivity index (χ0v) is 10.2. The molecule has 2 atom stereocenters. The third kappa shape index (κ3) is 3.34. The van der Waals surface area contributed by atoms with E-state index in [9.17, 15) is 5.11 Å². The summed E-state index contributed by atoms with van der Waals surface area (Å²) in [5, 5.41) is 9.79. The normalized spacial score (nSPS) is 26.4. The summed E-state index contributed by atoms with van der Waals surface area (Å²) in [7, 11) is 0. The minimum atomic E-state index is -0.0580. The highest BCUT2D eigenvalue weighted by molar-refractivity contribution is 5.22. The molecule has 1 N–H and O–H groups in total. The molecule has 1 nitrogen and oxygen atoms in total. The topological polar surface area (TPSA) is 20.2 Å². The Hall–Kier alpha value is -0.820. The summed E-state index contributed by atoms with van der Waals surface area (Å²) < 4.78 is 0. The Morgan fingerprint density at radius 1 is 1.25 bits per heavy atom. The molecule has 0 amide bonds. The second kappa shape index (κ2) is 5.49. The molecule has 1 fully saturated rings. The van der Waals surface area contributed by atoms with Gasteiger partial charge < -0.3 is 5.11 Å². The zero-order valence-electron chi connectivity index (χ0n) is 10.2. The van der Waals surface area contributed by atoms with E-state index in [1.54, 1.807) is 0 Å². The molecule has 0 aromatic heterocycles. The molecule has 1 aromatic rings. The highest BCUT2D eigenvalue weighted by Gasteiger charge is 2.18. The molecule has 1 aliphatic carbocycles. The number of aliphatic hydroxyl groups is 1. The fraction of sp³-hybridized carbons (Fsp3) is 0.600. The minimum Gasteiger partial charge on any atom is -0.393 e. The molecule has 0 spiro atoms. The van der Waals surface area contributed by atoms with Gasteiger partial charge in [0.15, 0.2) is 0 Å². The van der Waals surface area contributed by atoms with Gasteiger partial charge in [-0.2, -0.15) is 0 Å². The van der Waals surface area contributed by atoms with Crippen molar-refractivity contribution in [1.82, 2.24) is 0 Å². The van der Waals surface area contributed by atoms with Gasteiger partial charge >= 0.3 is 0 Å². The summed E-state index contributed by atoms with van der Waals surface area (Å²) in [5.41, 5.74) is 2.77. The Morgan fingerprint density at radius 3 is 2.88 bits per heavy atom. The van der Waals surface area contributed by atoms with E-state index in [1.165, 1.54) is 30.4 Å². The molecule has 1 saturated carbocycles. The van der Waals surface area contributed by atoms with Crippen molar-refractivity contribution in [2.75, 3.05) is 0 Å². The standard InChI is InChI=1S/C15H22O/c1-12-5-4-7-13(9-12)10-14-6-2-3-8-15(16)11-14/h4-5,7,9,14-16H,2-3,6,8,10-11H2,1H3. The van der Waals surface area contributed by atoms with Crippen LogP contribution < -0.4 is 0 Å². The average molecular weight is 218 g/mol. The molecule has 1 heteroatoms. The summed E-state index contributed by atoms with van der Waals surface area (Å²) in [6, 6.07) is 8.77. The zero-order chi connectivity index (χ0) is 11.4. The molecule has 0 aliphatic heterocycles. The van der Waals surface area contributed by atoms with E-state index in [4.69, 9.17) is 0 Å². The van der Waals surface area contributed by atoms with Crippen LogP contribution in [0.1, 0.15) is 43.2 Å². The van der Waals surface area contributed by atoms with E-state index in [0.29, 0.717) is 5.92 Å². The van der Waals surface area contributed by atoms with Crippen LogP contribution in [0, 0.1) is 12.8 Å². The predicted octanol–water partition coefficient (Wildman–Crippen LogP) is 3.48. The van der Waals surface area contributed by atoms with Crippen molar-refractivity contribution < 1.29 is 5.11 Å². The van der Waals surface area contributed by atoms with Gasteiger partial charge in [-0.15, -0.1) is 0 Å². The van der Waals surface area contributed by atoms with E-state index in [2.05, 4.69) is 31.2 Å². The van der Waals surface area contributed by atoms with Gasteiger partial charge in [0.05, 0.1) is 6.10 Å². The van der Waals surface area contributed by atoms with Crippen molar-refractivity contribution in [2.24, 2.45) is 5.92 Å². The quantitative estimate of drug-likeness (QED) is 0.753. The van der Waals surface area contributed by atoms with Crippen LogP contribution in [0.3, 0.4) is 0 Å². The first-order valence-electron chi connectivity index (χ1n) is 6.47. The van der Waals surface area contributed by atoms with Crippen LogP contribution in [0.4, 0.5) is 0 Å². The summed E-state index contributed by atoms with van der Waals surface area (Å²) in [5.74, 6) is 0.680. The maximum atomic E-state index is 9.79. The lowest BCUT2D eigenvalue weighted by molar-refractivity contribution is 0.141. The first-order valence-corrected chi connectivity index (χ1v) is 6.47. The third-order valence-electron chi connectivity index (χ3n) is 3.61. The first kappa shape index (κ1) is 11.7. The Labute approximate surface area is 98.5 Å². The Kier molecular flexibility index (Phi) is 4.00. The number of aryl methyl sites for hydroxylation is 1. The van der Waals surface area contributed by atoms with Crippen molar-refractivity contribution in [3.63, 3.8) is 0 Å². The first-order chi connectivity index (χ1) is 7.74. The van der Waals surface area contributed by atoms with Gasteiger partial charge in [-0.3, -0.25) is 0 Å². The van der Waals surface area contributed by atoms with Gasteiger partial charge in [0.1, 0.15) is 0 Å². The van der Waals surface area contributed by atoms with E-state index >= 15 is 0 Å². The monoisotopic (exact) mass is 218 g/mol. The molecule has 1 aromatic carbocycles. The number of benzene rings is 1. The van der Waals surface area contributed by atoms with E-state index in [-0.39, 0.29) is 6.10 Å². The lowest BCUT2D eigenvalue weighted by Crippen LogP contribution is -2.12. The fourth-order valence-electron chi connectivity index (χ4n) is 2.79. The largest absolute Gasteiger partial charge is 0.393 e. The van der Waals surface area contributed by atoms with Crippen molar-refractivity contribution in [2.45, 2.75) is 51.6 Å². The van der Waals surface area contributed by atoms with Crippen LogP contribution in [-0.4, -0.2) is 11.2 Å². The maximum Gasteiger partial charge on any atom is 0.0543 e. The molecule has 88 valence electrons. The van der Waals surface area contributed by atoms with Crippen LogP contribution in [0.15, 0.2) is 24.3 Å². The SMILES string of the molecule is Cc1cccc(CC2CCCCC(O)C2)c1. The molecular weight excluding hydrogens is 196 g/mol. The fourth-order valence-corrected chi connectivity index (χ4v) is 2.79. The van der Waals surface area contributed by atoms with E-state index in [1.807, 2.05) is 0 Å². The highest BCUT2D eigenvalue weighted by atomic mass is 16.3. The highest BCUT2D eigenvalue weighted by Crippen LogP contribution is 2.26. The van der Waals surface area contributed by atoms with Gasteiger partial charge in [0.2, 0.25) is 0 Å². The van der Waals surface area contributed by atoms with Gasteiger partial charge in [-0.25, -0.2) is 0 Å². The van der Waals surface area contributed by atoms with Crippen molar-refractivity contribution in [1.29, 1.82) is 0 Å². The van der Waals surface area contributed by atoms with Crippen LogP contribution in [-0.2, 0) is 6.42 Å². The van der Waals surface area contributed by atoms with E-state index in [0.717, 1.165) is 19.3 Å². The number of aliphatic hydroxyl groups excluding tert-OH is 1. The molecule has 0 radical (unpaired) electrons. The summed E-state index contributed by atoms with van der Waals surface area (Å²) >= 11 is 0. The number of hydrogen-bond donors (Lipinski definition) is 1. The molecular formula is C15H22O. The van der Waals surface area contributed by atoms with Gasteiger partial charge in [0, 0.05) is 0 Å². The van der Waals surface area contributed by atoms with Crippen molar-refractivity contribution in [3.05, 3.63) is 35.4 Å². The Morgan fingerprint density at radius 2 is 2.06 bits per heavy atom. The lowest BCUT2D eigenvalue weighted by Gasteiger charge is -2.16. The Bertz CT molecular complexity index is 332. The molecule has 1 aliphatic rings. The third-order valence-corrected chi connectivity index (χ3v) is 3.61. The molecule has 0 bridgehead atoms. The van der Waals surface area contributed by atoms with Crippen LogP contribution in [0.5, 0.6) is 0 Å². The smallest absolute Gasteiger partial charge is 0.0543 e. The molecule has 2 rings (SSSR count). The van der Waals surface area contributed by atoms with Gasteiger partial charge in [-0.05, 0) is 37.7 Å². The number of hydrogen-bond acceptors (Lipinski definition) is 1. The molecule has 0 heterocycles. The molecule has 16 heavy (non-hydrogen) atoms. The lowest BCUT2D eigenvalue weighted by atomic mass is 9.91. The second-order valence-electron chi connectivity index (χ2n) is 5.23. The van der Waals surface area contributed by atoms with Crippen molar-refractivity contribution in [3.8, 4) is 0 Å². The second-order valence-corrected chi connectivity index (χ2v) is 5.23. The van der Waals surface area contributed by atoms with Gasteiger partial charge in [0.25, 0.3) is 0 Å². The van der Waals surface area contributed by atoms with Crippen LogP contribution in [0.2, 0.25) is 0 Å². The number of rotatable bonds is 2. The Balaban J connectivity index is 1.97. The van der Waals surface area contributed by atoms with Crippen LogP contribution >= 0.6 is 0 Å². The van der Waals surface area contributed by atoms with E-state index < -0.39 is 0 Å².